The van der Waals surface area contributed by atoms with E-state index in [9.17, 15) is 4.79 Å². The van der Waals surface area contributed by atoms with E-state index in [1.165, 1.54) is 11.8 Å². The molecule has 1 fully saturated rings. The van der Waals surface area contributed by atoms with Gasteiger partial charge in [0.2, 0.25) is 0 Å². The number of aromatic nitrogens is 1. The van der Waals surface area contributed by atoms with E-state index in [0.29, 0.717) is 23.2 Å². The van der Waals surface area contributed by atoms with E-state index in [-0.39, 0.29) is 5.91 Å². The van der Waals surface area contributed by atoms with Crippen molar-refractivity contribution >= 4 is 51.4 Å². The number of hydrogen-bond donors (Lipinski definition) is 0. The monoisotopic (exact) mass is 453 g/mol. The number of thioether (sulfide) groups is 1. The number of nitrogens with zero attached hydrogens (tertiary/aromatic N) is 3. The van der Waals surface area contributed by atoms with E-state index >= 15 is 0 Å². The number of benzene rings is 2. The largest absolute Gasteiger partial charge is 0.492 e. The molecular weight excluding hydrogens is 430 g/mol. The van der Waals surface area contributed by atoms with Crippen molar-refractivity contribution in [3.63, 3.8) is 0 Å². The van der Waals surface area contributed by atoms with Crippen LogP contribution in [0, 0.1) is 13.8 Å². The van der Waals surface area contributed by atoms with Crippen molar-refractivity contribution in [1.82, 2.24) is 9.47 Å². The van der Waals surface area contributed by atoms with E-state index < -0.39 is 0 Å². The molecule has 0 radical (unpaired) electrons. The maximum Gasteiger partial charge on any atom is 0.266 e. The standard InChI is InChI=1S/C24H24ClN3O2S/c1-15-13-17(9-10-20(15)25)30-12-11-28-16(2)19(18-7-5-6-8-21(18)28)14-22-23(29)27(4)24(26-3)31-22/h5-10,13-14H,11-12H2,1-4H3/b22-14-,26-24?. The zero-order chi connectivity index (χ0) is 22.1. The Morgan fingerprint density at radius 3 is 2.68 bits per heavy atom. The van der Waals surface area contributed by atoms with Gasteiger partial charge < -0.3 is 9.30 Å². The average molecular weight is 454 g/mol. The summed E-state index contributed by atoms with van der Waals surface area (Å²) in [6.45, 7) is 5.27. The topological polar surface area (TPSA) is 46.8 Å². The summed E-state index contributed by atoms with van der Waals surface area (Å²) in [7, 11) is 3.46. The summed E-state index contributed by atoms with van der Waals surface area (Å²) in [5, 5.41) is 2.57. The zero-order valence-corrected chi connectivity index (χ0v) is 19.5. The molecule has 7 heteroatoms. The van der Waals surface area contributed by atoms with Gasteiger partial charge in [0.05, 0.1) is 11.4 Å². The first-order chi connectivity index (χ1) is 14.9. The maximum absolute atomic E-state index is 12.6. The minimum absolute atomic E-state index is 0.0247. The number of likely N-dealkylation sites (N-methyl/N-ethyl adjacent to an activating group) is 1. The predicted octanol–water partition coefficient (Wildman–Crippen LogP) is 5.52. The molecule has 0 N–H and O–H groups in total. The summed E-state index contributed by atoms with van der Waals surface area (Å²) < 4.78 is 8.22. The van der Waals surface area contributed by atoms with Crippen LogP contribution in [0.5, 0.6) is 5.75 Å². The van der Waals surface area contributed by atoms with Crippen molar-refractivity contribution in [1.29, 1.82) is 0 Å². The molecule has 2 heterocycles. The van der Waals surface area contributed by atoms with Crippen LogP contribution < -0.4 is 4.74 Å². The lowest BCUT2D eigenvalue weighted by atomic mass is 10.1. The lowest BCUT2D eigenvalue weighted by Crippen LogP contribution is -2.23. The van der Waals surface area contributed by atoms with Crippen molar-refractivity contribution in [3.05, 3.63) is 69.2 Å². The lowest BCUT2D eigenvalue weighted by molar-refractivity contribution is -0.121. The first-order valence-corrected chi connectivity index (χ1v) is 11.2. The second-order valence-electron chi connectivity index (χ2n) is 7.41. The Balaban J connectivity index is 1.63. The van der Waals surface area contributed by atoms with Crippen LogP contribution in [0.1, 0.15) is 16.8 Å². The molecule has 0 atom stereocenters. The average Bonchev–Trinajstić information content (AvgIpc) is 3.19. The number of hydrogen-bond acceptors (Lipinski definition) is 4. The fourth-order valence-electron chi connectivity index (χ4n) is 3.77. The van der Waals surface area contributed by atoms with Crippen LogP contribution in [0.25, 0.3) is 17.0 Å². The van der Waals surface area contributed by atoms with Gasteiger partial charge in [-0.05, 0) is 61.5 Å². The number of fused-ring (bicyclic) bond motifs is 1. The zero-order valence-electron chi connectivity index (χ0n) is 18.0. The molecule has 1 amide bonds. The van der Waals surface area contributed by atoms with Crippen molar-refractivity contribution in [3.8, 4) is 5.75 Å². The van der Waals surface area contributed by atoms with Gasteiger partial charge in [0, 0.05) is 41.3 Å². The fourth-order valence-corrected chi connectivity index (χ4v) is 4.80. The molecule has 0 unspecified atom stereocenters. The third-order valence-corrected chi connectivity index (χ3v) is 7.04. The highest BCUT2D eigenvalue weighted by Crippen LogP contribution is 2.35. The fraction of sp³-hybridized carbons (Fsp3) is 0.250. The van der Waals surface area contributed by atoms with Crippen molar-refractivity contribution < 1.29 is 9.53 Å². The van der Waals surface area contributed by atoms with Crippen LogP contribution in [0.2, 0.25) is 5.02 Å². The van der Waals surface area contributed by atoms with E-state index in [2.05, 4.69) is 28.6 Å². The summed E-state index contributed by atoms with van der Waals surface area (Å²) >= 11 is 7.51. The first-order valence-electron chi connectivity index (χ1n) is 10.0. The molecule has 0 spiro atoms. The Kier molecular flexibility index (Phi) is 6.12. The molecule has 160 valence electrons. The van der Waals surface area contributed by atoms with Crippen LogP contribution in [0.15, 0.2) is 52.4 Å². The molecule has 0 bridgehead atoms. The summed E-state index contributed by atoms with van der Waals surface area (Å²) in [6.07, 6.45) is 1.99. The van der Waals surface area contributed by atoms with Crippen molar-refractivity contribution in [2.75, 3.05) is 20.7 Å². The normalized spacial score (nSPS) is 16.8. The van der Waals surface area contributed by atoms with Crippen molar-refractivity contribution in [2.45, 2.75) is 20.4 Å². The second kappa shape index (κ2) is 8.81. The van der Waals surface area contributed by atoms with Crippen LogP contribution in [-0.4, -0.2) is 41.2 Å². The Morgan fingerprint density at radius 2 is 1.97 bits per heavy atom. The SMILES string of the molecule is CN=C1S/C(=C\c2c(C)n(CCOc3ccc(Cl)c(C)c3)c3ccccc23)C(=O)N1C. The summed E-state index contributed by atoms with van der Waals surface area (Å²) in [5.74, 6) is 0.781. The van der Waals surface area contributed by atoms with Crippen LogP contribution in [0.4, 0.5) is 0 Å². The highest BCUT2D eigenvalue weighted by atomic mass is 35.5. The number of para-hydroxylation sites is 1. The predicted molar refractivity (Wildman–Crippen MR) is 130 cm³/mol. The molecular formula is C24H24ClN3O2S. The molecule has 2 aromatic carbocycles. The lowest BCUT2D eigenvalue weighted by Gasteiger charge is -2.11. The molecule has 4 rings (SSSR count). The molecule has 0 saturated carbocycles. The Bertz CT molecular complexity index is 1230. The molecule has 5 nitrogen and oxygen atoms in total. The number of amides is 1. The van der Waals surface area contributed by atoms with E-state index in [1.807, 2.05) is 43.3 Å². The highest BCUT2D eigenvalue weighted by molar-refractivity contribution is 8.18. The highest BCUT2D eigenvalue weighted by Gasteiger charge is 2.30. The molecule has 1 aliphatic rings. The van der Waals surface area contributed by atoms with Gasteiger partial charge in [-0.15, -0.1) is 0 Å². The smallest absolute Gasteiger partial charge is 0.266 e. The van der Waals surface area contributed by atoms with E-state index in [4.69, 9.17) is 16.3 Å². The van der Waals surface area contributed by atoms with E-state index in [0.717, 1.165) is 38.5 Å². The summed E-state index contributed by atoms with van der Waals surface area (Å²) in [4.78, 5) is 19.1. The number of carbonyl (C=O) groups is 1. The molecule has 1 aliphatic heterocycles. The number of halogens is 1. The van der Waals surface area contributed by atoms with Gasteiger partial charge in [0.1, 0.15) is 12.4 Å². The molecule has 0 aliphatic carbocycles. The first kappa shape index (κ1) is 21.5. The van der Waals surface area contributed by atoms with Gasteiger partial charge in [-0.25, -0.2) is 0 Å². The molecule has 3 aromatic rings. The van der Waals surface area contributed by atoms with Gasteiger partial charge >= 0.3 is 0 Å². The summed E-state index contributed by atoms with van der Waals surface area (Å²) in [6, 6.07) is 13.9. The summed E-state index contributed by atoms with van der Waals surface area (Å²) in [5.41, 5.74) is 4.27. The Hall–Kier alpha value is -2.70. The van der Waals surface area contributed by atoms with Gasteiger partial charge in [-0.3, -0.25) is 14.7 Å². The third kappa shape index (κ3) is 4.10. The molecule has 31 heavy (non-hydrogen) atoms. The minimum atomic E-state index is -0.0247. The quantitative estimate of drug-likeness (QED) is 0.477. The van der Waals surface area contributed by atoms with Crippen LogP contribution in [0.3, 0.4) is 0 Å². The number of aryl methyl sites for hydroxylation is 1. The van der Waals surface area contributed by atoms with Crippen LogP contribution >= 0.6 is 23.4 Å². The van der Waals surface area contributed by atoms with Crippen LogP contribution in [-0.2, 0) is 11.3 Å². The van der Waals surface area contributed by atoms with Gasteiger partial charge in [-0.1, -0.05) is 29.8 Å². The second-order valence-corrected chi connectivity index (χ2v) is 8.82. The Labute approximate surface area is 191 Å². The molecule has 1 aromatic heterocycles. The van der Waals surface area contributed by atoms with E-state index in [1.54, 1.807) is 19.0 Å². The maximum atomic E-state index is 12.6. The number of ether oxygens (including phenoxy) is 1. The number of rotatable bonds is 5. The number of carbonyl (C=O) groups excluding carboxylic acids is 1. The van der Waals surface area contributed by atoms with Crippen molar-refractivity contribution in [2.24, 2.45) is 4.99 Å². The van der Waals surface area contributed by atoms with Gasteiger partial charge in [0.15, 0.2) is 5.17 Å². The molecule has 1 saturated heterocycles. The number of amidine groups is 1. The minimum Gasteiger partial charge on any atom is -0.492 e. The third-order valence-electron chi connectivity index (χ3n) is 5.46. The Morgan fingerprint density at radius 1 is 1.19 bits per heavy atom. The van der Waals surface area contributed by atoms with Gasteiger partial charge in [-0.2, -0.15) is 0 Å². The van der Waals surface area contributed by atoms with Gasteiger partial charge in [0.25, 0.3) is 5.91 Å². The number of aliphatic imine (C=N–C) groups is 1.